The molecule has 97 heavy (non-hydrogen) atoms. The Morgan fingerprint density at radius 3 is 1.62 bits per heavy atom. The van der Waals surface area contributed by atoms with Crippen LogP contribution in [0.5, 0.6) is 11.5 Å². The minimum Gasteiger partial charge on any atom is -0.519 e. The summed E-state index contributed by atoms with van der Waals surface area (Å²) in [6, 6.07) is 76.7. The second-order valence-corrected chi connectivity index (χ2v) is 33.1. The van der Waals surface area contributed by atoms with Gasteiger partial charge in [-0.25, -0.2) is 0 Å². The van der Waals surface area contributed by atoms with E-state index in [1.54, 1.807) is 0 Å². The molecule has 0 bridgehead atoms. The van der Waals surface area contributed by atoms with Crippen LogP contribution in [-0.4, -0.2) is 14.1 Å². The van der Waals surface area contributed by atoms with Crippen molar-refractivity contribution in [3.8, 4) is 73.3 Å². The minimum atomic E-state index is -0.304. The molecular weight excluding hydrogens is 1360 g/mol. The molecule has 0 radical (unpaired) electrons. The van der Waals surface area contributed by atoms with Gasteiger partial charge in [0, 0.05) is 60.3 Å². The maximum atomic E-state index is 7.57. The Hall–Kier alpha value is -8.57. The van der Waals surface area contributed by atoms with Crippen LogP contribution in [0.4, 0.5) is 0 Å². The summed E-state index contributed by atoms with van der Waals surface area (Å²) in [6.07, 6.45) is 10.5. The molecule has 492 valence electrons. The zero-order valence-corrected chi connectivity index (χ0v) is 61.3. The molecule has 0 saturated carbocycles. The van der Waals surface area contributed by atoms with Crippen molar-refractivity contribution in [2.75, 3.05) is 0 Å². The SMILES string of the molecule is CC(C)(C)c1cc(Oc2[c-]c(-[n+]3[c-]n(-c4c(-c5ccccc5)cccc4-c4ccccc4)c4ccccc43)c3oc4c5c(ccc4c3c2)C(C)(C)CCC5(C)C)[c-]c(-c2nc3ccc4c(c3n2-c2ccc3c(c2-c2ccccc2)C(C)(C)CCC3(C)C)C(C)(C)CCC4(C)C)c1.[Pt]. The largest absolute Gasteiger partial charge is 0.519 e. The first-order valence-corrected chi connectivity index (χ1v) is 34.9. The third-order valence-corrected chi connectivity index (χ3v) is 22.7. The van der Waals surface area contributed by atoms with Gasteiger partial charge in [-0.05, 0) is 150 Å². The Bertz CT molecular complexity index is 5240. The van der Waals surface area contributed by atoms with Gasteiger partial charge in [0.2, 0.25) is 0 Å². The van der Waals surface area contributed by atoms with E-state index in [1.165, 1.54) is 50.0 Å². The average Bonchev–Trinajstić information content (AvgIpc) is 1.67. The summed E-state index contributed by atoms with van der Waals surface area (Å²) in [7, 11) is 0. The van der Waals surface area contributed by atoms with Crippen LogP contribution >= 0.6 is 0 Å². The maximum Gasteiger partial charge on any atom is 0.268 e. The second kappa shape index (κ2) is 22.8. The van der Waals surface area contributed by atoms with Crippen LogP contribution in [0.1, 0.15) is 181 Å². The van der Waals surface area contributed by atoms with Crippen LogP contribution in [0, 0.1) is 18.5 Å². The van der Waals surface area contributed by atoms with Crippen molar-refractivity contribution in [2.24, 2.45) is 0 Å². The first-order chi connectivity index (χ1) is 45.7. The number of benzene rings is 10. The molecule has 0 amide bonds. The van der Waals surface area contributed by atoms with Crippen LogP contribution in [0.25, 0.3) is 106 Å². The number of para-hydroxylation sites is 3. The van der Waals surface area contributed by atoms with Crippen molar-refractivity contribution in [3.05, 3.63) is 245 Å². The van der Waals surface area contributed by atoms with Gasteiger partial charge in [-0.1, -0.05) is 279 Å². The van der Waals surface area contributed by atoms with E-state index in [0.717, 1.165) is 128 Å². The van der Waals surface area contributed by atoms with E-state index in [9.17, 15) is 0 Å². The molecule has 0 saturated heterocycles. The molecule has 0 atom stereocenters. The molecule has 16 rings (SSSR count). The van der Waals surface area contributed by atoms with Crippen molar-refractivity contribution in [1.29, 1.82) is 0 Å². The van der Waals surface area contributed by atoms with E-state index in [0.29, 0.717) is 17.2 Å². The van der Waals surface area contributed by atoms with Crippen molar-refractivity contribution in [1.82, 2.24) is 14.1 Å². The van der Waals surface area contributed by atoms with Gasteiger partial charge in [0.15, 0.2) is 0 Å². The number of hydrogen-bond donors (Lipinski definition) is 0. The van der Waals surface area contributed by atoms with Gasteiger partial charge >= 0.3 is 0 Å². The monoisotopic (exact) mass is 1450 g/mol. The summed E-state index contributed by atoms with van der Waals surface area (Å²) in [5, 5.41) is 1.99. The smallest absolute Gasteiger partial charge is 0.268 e. The summed E-state index contributed by atoms with van der Waals surface area (Å²) < 4.78 is 22.1. The van der Waals surface area contributed by atoms with E-state index in [-0.39, 0.29) is 59.0 Å². The number of ether oxygens (including phenoxy) is 1. The molecule has 0 fully saturated rings. The zero-order chi connectivity index (χ0) is 66.8. The number of aromatic nitrogens is 4. The van der Waals surface area contributed by atoms with Crippen LogP contribution in [0.15, 0.2) is 192 Å². The quantitative estimate of drug-likeness (QED) is 0.107. The first-order valence-electron chi connectivity index (χ1n) is 34.9. The van der Waals surface area contributed by atoms with Crippen LogP contribution < -0.4 is 9.30 Å². The molecule has 0 unspecified atom stereocenters. The molecule has 3 aliphatic carbocycles. The molecule has 3 heterocycles. The topological polar surface area (TPSA) is 49.0 Å². The Labute approximate surface area is 588 Å². The van der Waals surface area contributed by atoms with Crippen molar-refractivity contribution >= 4 is 44.0 Å². The normalized spacial score (nSPS) is 17.2. The van der Waals surface area contributed by atoms with E-state index < -0.39 is 0 Å². The number of hydrogen-bond acceptors (Lipinski definition) is 3. The van der Waals surface area contributed by atoms with Gasteiger partial charge in [0.25, 0.3) is 6.33 Å². The fourth-order valence-electron chi connectivity index (χ4n) is 16.9. The summed E-state index contributed by atoms with van der Waals surface area (Å²) in [4.78, 5) is 5.90. The van der Waals surface area contributed by atoms with E-state index in [2.05, 4.69) is 324 Å². The van der Waals surface area contributed by atoms with Crippen molar-refractivity contribution < 1.29 is 34.8 Å². The van der Waals surface area contributed by atoms with Crippen molar-refractivity contribution in [3.63, 3.8) is 0 Å². The molecule has 10 aromatic carbocycles. The number of fused-ring (bicyclic) bond motifs is 10. The number of nitrogens with zero attached hydrogens (tertiary/aromatic N) is 4. The standard InChI is InChI=1S/C90H88N4O2.Pt/c1-84(2,3)60-50-59(83-91-70-42-40-68-77(89(12,13)48-45-86(68,6)7)80(70)94(83)73-43-41-67-76(75(73)58-32-23-18-24-33-58)88(10,11)47-44-85(67,4)5)51-61(52-60)95-62-53-66-65-38-39-69-78(90(14,15)49-46-87(69,8)9)82(65)96-81(66)74(54-62)92-55-93(72-37-26-25-36-71(72)92)79-63(56-28-19-16-20-29-56)34-27-35-64(79)57-30-21-17-22-31-57;/h16-43,50,52-53H,44-49H2,1-15H3;/q-2;. The van der Waals surface area contributed by atoms with Crippen LogP contribution in [-0.2, 0) is 59.0 Å². The number of imidazole rings is 2. The number of furan rings is 1. The van der Waals surface area contributed by atoms with E-state index in [4.69, 9.17) is 14.1 Å². The molecule has 3 aliphatic rings. The summed E-state index contributed by atoms with van der Waals surface area (Å²) in [6.45, 7) is 36.0. The molecule has 3 aromatic heterocycles. The maximum absolute atomic E-state index is 7.57. The molecule has 7 heteroatoms. The fourth-order valence-corrected chi connectivity index (χ4v) is 16.9. The predicted molar refractivity (Wildman–Crippen MR) is 396 cm³/mol. The number of rotatable bonds is 9. The zero-order valence-electron chi connectivity index (χ0n) is 59.1. The summed E-state index contributed by atoms with van der Waals surface area (Å²) in [5.41, 5.74) is 24.9. The predicted octanol–water partition coefficient (Wildman–Crippen LogP) is 23.3. The van der Waals surface area contributed by atoms with Gasteiger partial charge in [-0.2, -0.15) is 0 Å². The van der Waals surface area contributed by atoms with Gasteiger partial charge in [0.05, 0.1) is 33.6 Å². The minimum absolute atomic E-state index is 0. The Morgan fingerprint density at radius 2 is 1.00 bits per heavy atom. The molecular formula is C90H88N4O2Pt-2. The molecule has 6 nitrogen and oxygen atoms in total. The van der Waals surface area contributed by atoms with E-state index in [1.807, 2.05) is 0 Å². The fraction of sp³-hybridized carbons (Fsp3) is 0.311. The van der Waals surface area contributed by atoms with Crippen LogP contribution in [0.3, 0.4) is 0 Å². The molecule has 13 aromatic rings. The van der Waals surface area contributed by atoms with Gasteiger partial charge < -0.3 is 18.3 Å². The van der Waals surface area contributed by atoms with Gasteiger partial charge in [-0.3, -0.25) is 9.55 Å². The summed E-state index contributed by atoms with van der Waals surface area (Å²) >= 11 is 0. The first kappa shape index (κ1) is 64.4. The van der Waals surface area contributed by atoms with Crippen LogP contribution in [0.2, 0.25) is 0 Å². The van der Waals surface area contributed by atoms with Gasteiger partial charge in [-0.15, -0.1) is 29.3 Å². The van der Waals surface area contributed by atoms with E-state index >= 15 is 0 Å². The van der Waals surface area contributed by atoms with Crippen molar-refractivity contribution in [2.45, 2.75) is 180 Å². The van der Waals surface area contributed by atoms with Gasteiger partial charge in [0.1, 0.15) is 5.58 Å². The Morgan fingerprint density at radius 1 is 0.485 bits per heavy atom. The third kappa shape index (κ3) is 10.5. The Balaban J connectivity index is 0.00000770. The Kier molecular flexibility index (Phi) is 15.1. The second-order valence-electron chi connectivity index (χ2n) is 33.1. The molecule has 0 aliphatic heterocycles. The molecule has 0 spiro atoms. The third-order valence-electron chi connectivity index (χ3n) is 22.7. The summed E-state index contributed by atoms with van der Waals surface area (Å²) in [5.74, 6) is 1.94. The average molecular weight is 1450 g/mol. The molecule has 0 N–H and O–H groups in total.